The van der Waals surface area contributed by atoms with Gasteiger partial charge in [0.2, 0.25) is 6.43 Å². The van der Waals surface area contributed by atoms with Gasteiger partial charge in [-0.2, -0.15) is 0 Å². The zero-order chi connectivity index (χ0) is 14.7. The van der Waals surface area contributed by atoms with Crippen LogP contribution in [0.5, 0.6) is 5.75 Å². The summed E-state index contributed by atoms with van der Waals surface area (Å²) in [6.07, 6.45) is -2.91. The number of piperazine rings is 1. The molecular formula is C14H19F3N2O. The van der Waals surface area contributed by atoms with Crippen LogP contribution in [0.3, 0.4) is 0 Å². The van der Waals surface area contributed by atoms with Gasteiger partial charge in [-0.05, 0) is 24.6 Å². The van der Waals surface area contributed by atoms with Gasteiger partial charge in [-0.15, -0.1) is 0 Å². The number of hydrogen-bond donors (Lipinski definition) is 2. The number of nitrogens with one attached hydrogen (secondary N) is 1. The SMILES string of the molecule is Cc1cc(F)cc([C@@H](CC(F)F)N2CCNCC2)c1O. The van der Waals surface area contributed by atoms with Crippen molar-refractivity contribution < 1.29 is 18.3 Å². The molecule has 0 radical (unpaired) electrons. The van der Waals surface area contributed by atoms with E-state index in [1.54, 1.807) is 6.92 Å². The van der Waals surface area contributed by atoms with Crippen molar-refractivity contribution in [1.82, 2.24) is 10.2 Å². The van der Waals surface area contributed by atoms with Crippen LogP contribution in [0, 0.1) is 12.7 Å². The third-order valence-corrected chi connectivity index (χ3v) is 3.65. The van der Waals surface area contributed by atoms with E-state index in [-0.39, 0.29) is 11.3 Å². The molecule has 0 aliphatic carbocycles. The Morgan fingerprint density at radius 2 is 1.95 bits per heavy atom. The van der Waals surface area contributed by atoms with Crippen LogP contribution < -0.4 is 5.32 Å². The van der Waals surface area contributed by atoms with Crippen molar-refractivity contribution in [3.8, 4) is 5.75 Å². The molecule has 3 nitrogen and oxygen atoms in total. The van der Waals surface area contributed by atoms with Crippen molar-refractivity contribution in [2.45, 2.75) is 25.8 Å². The minimum Gasteiger partial charge on any atom is -0.507 e. The zero-order valence-electron chi connectivity index (χ0n) is 11.4. The summed E-state index contributed by atoms with van der Waals surface area (Å²) in [5.41, 5.74) is 0.624. The third kappa shape index (κ3) is 3.43. The first-order valence-corrected chi connectivity index (χ1v) is 6.71. The molecule has 0 aromatic heterocycles. The van der Waals surface area contributed by atoms with Crippen molar-refractivity contribution in [2.75, 3.05) is 26.2 Å². The molecule has 1 heterocycles. The lowest BCUT2D eigenvalue weighted by Gasteiger charge is -2.35. The number of alkyl halides is 2. The average Bonchev–Trinajstić information content (AvgIpc) is 2.41. The molecule has 1 aliphatic heterocycles. The van der Waals surface area contributed by atoms with Gasteiger partial charge < -0.3 is 10.4 Å². The lowest BCUT2D eigenvalue weighted by Crippen LogP contribution is -2.45. The summed E-state index contributed by atoms with van der Waals surface area (Å²) < 4.78 is 39.2. The summed E-state index contributed by atoms with van der Waals surface area (Å²) in [5.74, 6) is -0.597. The molecule has 20 heavy (non-hydrogen) atoms. The van der Waals surface area contributed by atoms with Crippen molar-refractivity contribution in [3.05, 3.63) is 29.1 Å². The van der Waals surface area contributed by atoms with Crippen LogP contribution in [0.25, 0.3) is 0 Å². The first-order chi connectivity index (χ1) is 9.49. The lowest BCUT2D eigenvalue weighted by molar-refractivity contribution is 0.0728. The third-order valence-electron chi connectivity index (χ3n) is 3.65. The molecule has 0 bridgehead atoms. The van der Waals surface area contributed by atoms with Gasteiger partial charge in [0.25, 0.3) is 0 Å². The van der Waals surface area contributed by atoms with Gasteiger partial charge >= 0.3 is 0 Å². The summed E-state index contributed by atoms with van der Waals surface area (Å²) in [6, 6.07) is 1.71. The fourth-order valence-corrected chi connectivity index (χ4v) is 2.65. The lowest BCUT2D eigenvalue weighted by atomic mass is 9.97. The highest BCUT2D eigenvalue weighted by Gasteiger charge is 2.28. The molecule has 2 rings (SSSR count). The second kappa shape index (κ2) is 6.45. The van der Waals surface area contributed by atoms with Gasteiger partial charge in [0, 0.05) is 44.2 Å². The average molecular weight is 288 g/mol. The minimum atomic E-state index is -2.50. The van der Waals surface area contributed by atoms with E-state index in [2.05, 4.69) is 5.32 Å². The first kappa shape index (κ1) is 15.1. The highest BCUT2D eigenvalue weighted by Crippen LogP contribution is 2.35. The number of phenolic OH excluding ortho intramolecular Hbond substituents is 1. The van der Waals surface area contributed by atoms with E-state index in [0.29, 0.717) is 31.7 Å². The highest BCUT2D eigenvalue weighted by molar-refractivity contribution is 5.42. The standard InChI is InChI=1S/C14H19F3N2O/c1-9-6-10(15)7-11(14(9)20)12(8-13(16)17)19-4-2-18-3-5-19/h6-7,12-13,18,20H,2-5,8H2,1H3/t12-/m1/s1. The Bertz CT molecular complexity index is 462. The Morgan fingerprint density at radius 1 is 1.30 bits per heavy atom. The summed E-state index contributed by atoms with van der Waals surface area (Å²) in [5, 5.41) is 13.2. The molecule has 1 aromatic carbocycles. The Morgan fingerprint density at radius 3 is 2.55 bits per heavy atom. The molecular weight excluding hydrogens is 269 g/mol. The molecule has 1 aromatic rings. The maximum Gasteiger partial charge on any atom is 0.240 e. The number of rotatable bonds is 4. The molecule has 1 atom stereocenters. The van der Waals surface area contributed by atoms with Crippen LogP contribution in [0.2, 0.25) is 0 Å². The van der Waals surface area contributed by atoms with Gasteiger partial charge in [0.1, 0.15) is 11.6 Å². The van der Waals surface area contributed by atoms with Crippen LogP contribution in [0.15, 0.2) is 12.1 Å². The van der Waals surface area contributed by atoms with E-state index < -0.39 is 24.7 Å². The molecule has 1 fully saturated rings. The number of aromatic hydroxyl groups is 1. The van der Waals surface area contributed by atoms with Crippen molar-refractivity contribution in [2.24, 2.45) is 0 Å². The molecule has 1 saturated heterocycles. The maximum absolute atomic E-state index is 13.5. The Labute approximate surface area is 116 Å². The molecule has 0 saturated carbocycles. The summed E-state index contributed by atoms with van der Waals surface area (Å²) in [7, 11) is 0. The second-order valence-corrected chi connectivity index (χ2v) is 5.09. The van der Waals surface area contributed by atoms with E-state index >= 15 is 0 Å². The largest absolute Gasteiger partial charge is 0.507 e. The van der Waals surface area contributed by atoms with E-state index in [1.165, 1.54) is 6.07 Å². The van der Waals surface area contributed by atoms with E-state index in [4.69, 9.17) is 0 Å². The summed E-state index contributed by atoms with van der Waals surface area (Å²) in [4.78, 5) is 1.87. The van der Waals surface area contributed by atoms with Gasteiger partial charge in [-0.1, -0.05) is 0 Å². The second-order valence-electron chi connectivity index (χ2n) is 5.09. The smallest absolute Gasteiger partial charge is 0.240 e. The Hall–Kier alpha value is -1.27. The number of benzene rings is 1. The summed E-state index contributed by atoms with van der Waals surface area (Å²) in [6.45, 7) is 4.18. The van der Waals surface area contributed by atoms with Gasteiger partial charge in [0.15, 0.2) is 0 Å². The number of halogens is 3. The number of phenols is 1. The Balaban J connectivity index is 2.34. The summed E-state index contributed by atoms with van der Waals surface area (Å²) >= 11 is 0. The normalized spacial score (nSPS) is 18.4. The van der Waals surface area contributed by atoms with Gasteiger partial charge in [-0.3, -0.25) is 4.90 Å². The fourth-order valence-electron chi connectivity index (χ4n) is 2.65. The zero-order valence-corrected chi connectivity index (χ0v) is 11.4. The molecule has 0 amide bonds. The fraction of sp³-hybridized carbons (Fsp3) is 0.571. The Kier molecular flexibility index (Phi) is 4.88. The number of aryl methyl sites for hydroxylation is 1. The first-order valence-electron chi connectivity index (χ1n) is 6.71. The maximum atomic E-state index is 13.5. The van der Waals surface area contributed by atoms with Gasteiger partial charge in [-0.25, -0.2) is 13.2 Å². The molecule has 0 unspecified atom stereocenters. The number of nitrogens with zero attached hydrogens (tertiary/aromatic N) is 1. The van der Waals surface area contributed by atoms with E-state index in [9.17, 15) is 18.3 Å². The van der Waals surface area contributed by atoms with E-state index in [0.717, 1.165) is 6.07 Å². The van der Waals surface area contributed by atoms with Crippen LogP contribution in [0.1, 0.15) is 23.6 Å². The van der Waals surface area contributed by atoms with Crippen LogP contribution in [0.4, 0.5) is 13.2 Å². The molecule has 0 spiro atoms. The van der Waals surface area contributed by atoms with Crippen LogP contribution >= 0.6 is 0 Å². The van der Waals surface area contributed by atoms with Crippen LogP contribution in [-0.4, -0.2) is 42.6 Å². The highest BCUT2D eigenvalue weighted by atomic mass is 19.3. The molecule has 6 heteroatoms. The number of hydrogen-bond acceptors (Lipinski definition) is 3. The van der Waals surface area contributed by atoms with Crippen molar-refractivity contribution in [1.29, 1.82) is 0 Å². The van der Waals surface area contributed by atoms with Crippen molar-refractivity contribution >= 4 is 0 Å². The van der Waals surface area contributed by atoms with E-state index in [1.807, 2.05) is 4.90 Å². The van der Waals surface area contributed by atoms with Crippen LogP contribution in [-0.2, 0) is 0 Å². The molecule has 112 valence electrons. The predicted molar refractivity (Wildman–Crippen MR) is 70.6 cm³/mol. The van der Waals surface area contributed by atoms with Crippen molar-refractivity contribution in [3.63, 3.8) is 0 Å². The van der Waals surface area contributed by atoms with Gasteiger partial charge in [0.05, 0.1) is 0 Å². The quantitative estimate of drug-likeness (QED) is 0.893. The predicted octanol–water partition coefficient (Wildman–Crippen LogP) is 2.44. The topological polar surface area (TPSA) is 35.5 Å². The molecule has 2 N–H and O–H groups in total. The minimum absolute atomic E-state index is 0.0874. The monoisotopic (exact) mass is 288 g/mol. The molecule has 1 aliphatic rings.